The zero-order chi connectivity index (χ0) is 22.5. The number of ether oxygens (including phenoxy) is 1. The summed E-state index contributed by atoms with van der Waals surface area (Å²) in [6.07, 6.45) is 3.88. The maximum atomic E-state index is 14.9. The van der Waals surface area contributed by atoms with Gasteiger partial charge in [0.2, 0.25) is 0 Å². The number of anilines is 2. The van der Waals surface area contributed by atoms with E-state index < -0.39 is 11.9 Å². The number of hydrogen-bond acceptors (Lipinski definition) is 8. The third-order valence-electron chi connectivity index (χ3n) is 5.52. The van der Waals surface area contributed by atoms with Crippen molar-refractivity contribution in [2.75, 3.05) is 56.1 Å². The van der Waals surface area contributed by atoms with Crippen LogP contribution in [0.15, 0.2) is 48.9 Å². The van der Waals surface area contributed by atoms with Crippen molar-refractivity contribution < 1.29 is 13.9 Å². The molecule has 170 valence electrons. The molecule has 2 fully saturated rings. The van der Waals surface area contributed by atoms with Crippen molar-refractivity contribution in [1.82, 2.24) is 20.7 Å². The number of rotatable bonds is 7. The number of amides is 1. The second kappa shape index (κ2) is 9.84. The summed E-state index contributed by atoms with van der Waals surface area (Å²) in [5.74, 6) is 0.473. The third-order valence-corrected chi connectivity index (χ3v) is 5.52. The van der Waals surface area contributed by atoms with E-state index in [1.165, 1.54) is 17.2 Å². The van der Waals surface area contributed by atoms with E-state index in [9.17, 15) is 9.18 Å². The molecule has 9 nitrogen and oxygen atoms in total. The predicted molar refractivity (Wildman–Crippen MR) is 121 cm³/mol. The summed E-state index contributed by atoms with van der Waals surface area (Å²) in [6, 6.07) is 8.55. The van der Waals surface area contributed by atoms with E-state index >= 15 is 0 Å². The fourth-order valence-electron chi connectivity index (χ4n) is 3.80. The van der Waals surface area contributed by atoms with Gasteiger partial charge < -0.3 is 25.7 Å². The number of benzene rings is 1. The smallest absolute Gasteiger partial charge is 0.414 e. The average molecular weight is 442 g/mol. The summed E-state index contributed by atoms with van der Waals surface area (Å²) in [7, 11) is 1.79. The third kappa shape index (κ3) is 4.92. The number of halogens is 1. The van der Waals surface area contributed by atoms with Gasteiger partial charge in [-0.25, -0.2) is 19.6 Å². The Morgan fingerprint density at radius 2 is 2.16 bits per heavy atom. The normalized spacial score (nSPS) is 18.9. The van der Waals surface area contributed by atoms with Gasteiger partial charge in [0, 0.05) is 63.0 Å². The van der Waals surface area contributed by atoms with Crippen LogP contribution in [0.1, 0.15) is 0 Å². The SMILES string of the molecule is CN(/C=C\N)NCC1CN(c2ccc(-c3ccc(N4CCNCC4)nc3)c(F)c2)C(=O)O1. The zero-order valence-electron chi connectivity index (χ0n) is 18.0. The van der Waals surface area contributed by atoms with Crippen LogP contribution in [0, 0.1) is 5.82 Å². The standard InChI is InChI=1S/C22H28FN7O2/c1-28(9-6-24)27-14-18-15-30(22(31)32-18)17-3-4-19(20(23)12-17)16-2-5-21(26-13-16)29-10-7-25-8-11-29/h2-6,9,12-13,18,25,27H,7-8,10-11,14-15,24H2,1H3/b9-6-. The molecule has 3 heterocycles. The van der Waals surface area contributed by atoms with Crippen LogP contribution in [0.4, 0.5) is 20.7 Å². The van der Waals surface area contributed by atoms with E-state index in [1.54, 1.807) is 36.6 Å². The second-order valence-electron chi connectivity index (χ2n) is 7.74. The number of carbonyl (C=O) groups excluding carboxylic acids is 1. The first-order valence-corrected chi connectivity index (χ1v) is 10.6. The molecule has 0 saturated carbocycles. The summed E-state index contributed by atoms with van der Waals surface area (Å²) >= 11 is 0. The van der Waals surface area contributed by atoms with Gasteiger partial charge in [0.25, 0.3) is 0 Å². The first kappa shape index (κ1) is 21.8. The predicted octanol–water partition coefficient (Wildman–Crippen LogP) is 1.49. The minimum absolute atomic E-state index is 0.325. The molecule has 2 saturated heterocycles. The second-order valence-corrected chi connectivity index (χ2v) is 7.74. The molecule has 1 unspecified atom stereocenters. The Morgan fingerprint density at radius 3 is 2.84 bits per heavy atom. The molecule has 1 aromatic carbocycles. The van der Waals surface area contributed by atoms with E-state index in [4.69, 9.17) is 10.5 Å². The molecular weight excluding hydrogens is 413 g/mol. The lowest BCUT2D eigenvalue weighted by Crippen LogP contribution is -2.43. The van der Waals surface area contributed by atoms with E-state index in [1.807, 2.05) is 12.1 Å². The number of pyridine rings is 1. The van der Waals surface area contributed by atoms with Crippen molar-refractivity contribution in [2.45, 2.75) is 6.10 Å². The van der Waals surface area contributed by atoms with Gasteiger partial charge in [-0.1, -0.05) is 0 Å². The highest BCUT2D eigenvalue weighted by Gasteiger charge is 2.32. The Bertz CT molecular complexity index is 963. The molecular formula is C22H28FN7O2. The molecule has 1 amide bonds. The van der Waals surface area contributed by atoms with Crippen molar-refractivity contribution in [3.63, 3.8) is 0 Å². The monoisotopic (exact) mass is 441 g/mol. The molecule has 4 rings (SSSR count). The molecule has 2 aliphatic heterocycles. The molecule has 0 bridgehead atoms. The molecule has 0 spiro atoms. The number of nitrogens with two attached hydrogens (primary N) is 1. The summed E-state index contributed by atoms with van der Waals surface area (Å²) in [6.45, 7) is 4.39. The Labute approximate surface area is 186 Å². The van der Waals surface area contributed by atoms with Crippen LogP contribution in [0.25, 0.3) is 11.1 Å². The van der Waals surface area contributed by atoms with Gasteiger partial charge in [0.05, 0.1) is 18.8 Å². The summed E-state index contributed by atoms with van der Waals surface area (Å²) in [5.41, 5.74) is 9.99. The molecule has 32 heavy (non-hydrogen) atoms. The van der Waals surface area contributed by atoms with Gasteiger partial charge >= 0.3 is 6.09 Å². The Balaban J connectivity index is 1.42. The van der Waals surface area contributed by atoms with Gasteiger partial charge in [-0.15, -0.1) is 0 Å². The Hall–Kier alpha value is -3.37. The van der Waals surface area contributed by atoms with Crippen LogP contribution >= 0.6 is 0 Å². The highest BCUT2D eigenvalue weighted by atomic mass is 19.1. The lowest BCUT2D eigenvalue weighted by molar-refractivity contribution is 0.129. The number of carbonyl (C=O) groups is 1. The minimum atomic E-state index is -0.497. The number of hydrogen-bond donors (Lipinski definition) is 3. The maximum Gasteiger partial charge on any atom is 0.414 e. The van der Waals surface area contributed by atoms with Crippen molar-refractivity contribution in [2.24, 2.45) is 5.73 Å². The van der Waals surface area contributed by atoms with Gasteiger partial charge in [-0.2, -0.15) is 0 Å². The number of nitrogens with one attached hydrogen (secondary N) is 2. The first-order valence-electron chi connectivity index (χ1n) is 10.6. The Kier molecular flexibility index (Phi) is 6.72. The molecule has 2 aromatic rings. The number of piperazine rings is 1. The lowest BCUT2D eigenvalue weighted by Gasteiger charge is -2.28. The first-order chi connectivity index (χ1) is 15.5. The molecule has 4 N–H and O–H groups in total. The molecule has 1 aromatic heterocycles. The summed E-state index contributed by atoms with van der Waals surface area (Å²) in [4.78, 5) is 20.4. The van der Waals surface area contributed by atoms with Crippen LogP contribution < -0.4 is 26.3 Å². The van der Waals surface area contributed by atoms with Crippen molar-refractivity contribution in [1.29, 1.82) is 0 Å². The van der Waals surface area contributed by atoms with Crippen LogP contribution in [0.3, 0.4) is 0 Å². The summed E-state index contributed by atoms with van der Waals surface area (Å²) < 4.78 is 20.3. The Morgan fingerprint density at radius 1 is 1.34 bits per heavy atom. The van der Waals surface area contributed by atoms with Crippen molar-refractivity contribution >= 4 is 17.6 Å². The molecule has 0 aliphatic carbocycles. The fraction of sp³-hybridized carbons (Fsp3) is 0.364. The molecule has 1 atom stereocenters. The molecule has 2 aliphatic rings. The largest absolute Gasteiger partial charge is 0.442 e. The zero-order valence-corrected chi connectivity index (χ0v) is 18.0. The highest BCUT2D eigenvalue weighted by molar-refractivity contribution is 5.90. The molecule has 0 radical (unpaired) electrons. The number of nitrogens with zero attached hydrogens (tertiary/aromatic N) is 4. The summed E-state index contributed by atoms with van der Waals surface area (Å²) in [5, 5.41) is 4.98. The van der Waals surface area contributed by atoms with Gasteiger partial charge in [-0.05, 0) is 30.3 Å². The number of aromatic nitrogens is 1. The van der Waals surface area contributed by atoms with Crippen LogP contribution in [0.2, 0.25) is 0 Å². The highest BCUT2D eigenvalue weighted by Crippen LogP contribution is 2.29. The van der Waals surface area contributed by atoms with Gasteiger partial charge in [-0.3, -0.25) is 4.90 Å². The van der Waals surface area contributed by atoms with Gasteiger partial charge in [0.1, 0.15) is 17.7 Å². The van der Waals surface area contributed by atoms with Gasteiger partial charge in [0.15, 0.2) is 0 Å². The van der Waals surface area contributed by atoms with Crippen LogP contribution in [-0.2, 0) is 4.74 Å². The quantitative estimate of drug-likeness (QED) is 0.556. The topological polar surface area (TPSA) is 99.0 Å². The fourth-order valence-corrected chi connectivity index (χ4v) is 3.80. The van der Waals surface area contributed by atoms with Crippen LogP contribution in [0.5, 0.6) is 0 Å². The lowest BCUT2D eigenvalue weighted by atomic mass is 10.1. The van der Waals surface area contributed by atoms with E-state index in [0.717, 1.165) is 32.0 Å². The number of hydrazine groups is 1. The van der Waals surface area contributed by atoms with Crippen molar-refractivity contribution in [3.05, 3.63) is 54.7 Å². The van der Waals surface area contributed by atoms with Crippen molar-refractivity contribution in [3.8, 4) is 11.1 Å². The van der Waals surface area contributed by atoms with Crippen LogP contribution in [-0.4, -0.2) is 68.5 Å². The number of cyclic esters (lactones) is 1. The van der Waals surface area contributed by atoms with E-state index in [0.29, 0.717) is 29.9 Å². The maximum absolute atomic E-state index is 14.9. The molecule has 10 heteroatoms. The minimum Gasteiger partial charge on any atom is -0.442 e. The average Bonchev–Trinajstić information content (AvgIpc) is 3.19. The van der Waals surface area contributed by atoms with E-state index in [-0.39, 0.29) is 6.10 Å². The van der Waals surface area contributed by atoms with E-state index in [2.05, 4.69) is 20.6 Å².